The summed E-state index contributed by atoms with van der Waals surface area (Å²) in [5.41, 5.74) is 0.956. The van der Waals surface area contributed by atoms with Crippen LogP contribution in [0.1, 0.15) is 16.1 Å². The Labute approximate surface area is 173 Å². The normalized spacial score (nSPS) is 11.8. The lowest BCUT2D eigenvalue weighted by Gasteiger charge is -2.10. The largest absolute Gasteiger partial charge is 0.361 e. The van der Waals surface area contributed by atoms with Gasteiger partial charge in [0.05, 0.1) is 16.0 Å². The molecule has 0 aliphatic rings. The smallest absolute Gasteiger partial charge is 0.261 e. The average Bonchev–Trinajstić information content (AvgIpc) is 3.15. The molecule has 0 bridgehead atoms. The first-order valence-corrected chi connectivity index (χ1v) is 11.5. The average molecular weight is 450 g/mol. The Hall–Kier alpha value is -3.22. The number of carbonyl (C=O) groups excluding carboxylic acids is 1. The molecule has 0 saturated heterocycles. The fourth-order valence-electron chi connectivity index (χ4n) is 2.48. The summed E-state index contributed by atoms with van der Waals surface area (Å²) in [6.45, 7) is 1.61. The highest BCUT2D eigenvalue weighted by atomic mass is 32.2. The lowest BCUT2D eigenvalue weighted by molar-refractivity contribution is 0.102. The van der Waals surface area contributed by atoms with E-state index in [9.17, 15) is 21.6 Å². The topological polar surface area (TPSA) is 147 Å². The van der Waals surface area contributed by atoms with Crippen LogP contribution in [-0.4, -0.2) is 34.9 Å². The number of nitrogens with one attached hydrogen (secondary N) is 3. The summed E-state index contributed by atoms with van der Waals surface area (Å²) in [7, 11) is -6.58. The number of aromatic nitrogens is 1. The number of hydrogen-bond donors (Lipinski definition) is 3. The van der Waals surface area contributed by atoms with Gasteiger partial charge in [0.2, 0.25) is 10.0 Å². The van der Waals surface area contributed by atoms with Gasteiger partial charge >= 0.3 is 0 Å². The van der Waals surface area contributed by atoms with Crippen LogP contribution in [0.25, 0.3) is 0 Å². The molecule has 0 spiro atoms. The molecule has 2 aromatic carbocycles. The molecule has 0 aliphatic carbocycles. The first-order chi connectivity index (χ1) is 14.1. The number of rotatable bonds is 7. The number of benzene rings is 2. The molecule has 0 aliphatic heterocycles. The summed E-state index contributed by atoms with van der Waals surface area (Å²) in [5.74, 6) is -0.0379. The van der Waals surface area contributed by atoms with Crippen molar-refractivity contribution in [2.24, 2.45) is 0 Å². The lowest BCUT2D eigenvalue weighted by atomic mass is 10.2. The number of anilines is 2. The Morgan fingerprint density at radius 2 is 1.53 bits per heavy atom. The zero-order valence-corrected chi connectivity index (χ0v) is 17.5. The second kappa shape index (κ2) is 8.26. The third kappa shape index (κ3) is 4.67. The number of amides is 1. The van der Waals surface area contributed by atoms with E-state index in [2.05, 4.69) is 19.9 Å². The van der Waals surface area contributed by atoms with Crippen molar-refractivity contribution in [1.82, 2.24) is 9.88 Å². The number of sulfonamides is 2. The van der Waals surface area contributed by atoms with Crippen LogP contribution in [0.3, 0.4) is 0 Å². The Kier molecular flexibility index (Phi) is 5.92. The van der Waals surface area contributed by atoms with E-state index in [1.54, 1.807) is 6.92 Å². The molecule has 0 radical (unpaired) electrons. The summed E-state index contributed by atoms with van der Waals surface area (Å²) in [6, 6.07) is 10.9. The summed E-state index contributed by atoms with van der Waals surface area (Å²) in [4.78, 5) is 11.8. The predicted molar refractivity (Wildman–Crippen MR) is 109 cm³/mol. The molecular formula is C18H18N4O6S2. The van der Waals surface area contributed by atoms with Gasteiger partial charge in [-0.15, -0.1) is 0 Å². The zero-order chi connectivity index (χ0) is 21.9. The van der Waals surface area contributed by atoms with Crippen LogP contribution >= 0.6 is 0 Å². The van der Waals surface area contributed by atoms with Crippen LogP contribution in [0.2, 0.25) is 0 Å². The monoisotopic (exact) mass is 450 g/mol. The van der Waals surface area contributed by atoms with Crippen LogP contribution < -0.4 is 14.8 Å². The molecule has 10 nitrogen and oxygen atoms in total. The quantitative estimate of drug-likeness (QED) is 0.498. The molecule has 1 aromatic heterocycles. The minimum absolute atomic E-state index is 0.171. The summed E-state index contributed by atoms with van der Waals surface area (Å²) in [5, 5.41) is 6.19. The second-order valence-electron chi connectivity index (χ2n) is 6.12. The maximum Gasteiger partial charge on any atom is 0.261 e. The first kappa shape index (κ1) is 21.5. The fourth-order valence-corrected chi connectivity index (χ4v) is 4.43. The van der Waals surface area contributed by atoms with Gasteiger partial charge in [-0.05, 0) is 56.4 Å². The molecule has 1 amide bonds. The van der Waals surface area contributed by atoms with E-state index in [0.29, 0.717) is 11.4 Å². The van der Waals surface area contributed by atoms with Gasteiger partial charge in [0.1, 0.15) is 11.3 Å². The van der Waals surface area contributed by atoms with Crippen molar-refractivity contribution in [2.45, 2.75) is 16.7 Å². The summed E-state index contributed by atoms with van der Waals surface area (Å²) >= 11 is 0. The van der Waals surface area contributed by atoms with Crippen molar-refractivity contribution >= 4 is 37.3 Å². The number of hydrogen-bond acceptors (Lipinski definition) is 7. The van der Waals surface area contributed by atoms with E-state index in [0.717, 1.165) is 6.07 Å². The summed E-state index contributed by atoms with van der Waals surface area (Å²) in [6.07, 6.45) is 1.30. The van der Waals surface area contributed by atoms with Gasteiger partial charge in [-0.25, -0.2) is 21.6 Å². The minimum atomic E-state index is -4.03. The van der Waals surface area contributed by atoms with Crippen LogP contribution in [0.15, 0.2) is 69.0 Å². The van der Waals surface area contributed by atoms with Gasteiger partial charge in [0.15, 0.2) is 0 Å². The van der Waals surface area contributed by atoms with Crippen molar-refractivity contribution in [2.75, 3.05) is 17.1 Å². The van der Waals surface area contributed by atoms with Crippen LogP contribution in [0.5, 0.6) is 0 Å². The molecule has 12 heteroatoms. The molecule has 0 atom stereocenters. The molecule has 0 unspecified atom stereocenters. The molecular weight excluding hydrogens is 432 g/mol. The van der Waals surface area contributed by atoms with Gasteiger partial charge in [-0.2, -0.15) is 0 Å². The van der Waals surface area contributed by atoms with Crippen LogP contribution in [0.4, 0.5) is 11.4 Å². The lowest BCUT2D eigenvalue weighted by Crippen LogP contribution is -2.19. The highest BCUT2D eigenvalue weighted by molar-refractivity contribution is 7.93. The zero-order valence-electron chi connectivity index (χ0n) is 15.9. The Balaban J connectivity index is 1.76. The standard InChI is InChI=1S/C18H18N4O6S2/c1-12-17(11-20-28-12)18(23)21-13-6-8-14(9-7-13)22-30(26,27)16-5-3-4-15(10-16)29(24,25)19-2/h3-11,19,22H,1-2H3,(H,21,23). The van der Waals surface area contributed by atoms with Gasteiger partial charge in [-0.1, -0.05) is 11.2 Å². The number of carbonyl (C=O) groups is 1. The van der Waals surface area contributed by atoms with Crippen molar-refractivity contribution in [3.8, 4) is 0 Å². The first-order valence-electron chi connectivity index (χ1n) is 8.51. The Bertz CT molecular complexity index is 1280. The SMILES string of the molecule is CNS(=O)(=O)c1cccc(S(=O)(=O)Nc2ccc(NC(=O)c3cnoc3C)cc2)c1. The van der Waals surface area contributed by atoms with E-state index in [-0.39, 0.29) is 21.0 Å². The summed E-state index contributed by atoms with van der Waals surface area (Å²) < 4.78 is 58.4. The van der Waals surface area contributed by atoms with E-state index < -0.39 is 26.0 Å². The fraction of sp³-hybridized carbons (Fsp3) is 0.111. The molecule has 3 rings (SSSR count). The van der Waals surface area contributed by atoms with Crippen molar-refractivity contribution in [3.05, 3.63) is 66.1 Å². The van der Waals surface area contributed by atoms with Gasteiger partial charge in [0, 0.05) is 11.4 Å². The van der Waals surface area contributed by atoms with Crippen LogP contribution in [0, 0.1) is 6.92 Å². The van der Waals surface area contributed by atoms with Crippen molar-refractivity contribution < 1.29 is 26.2 Å². The second-order valence-corrected chi connectivity index (χ2v) is 9.68. The van der Waals surface area contributed by atoms with E-state index in [1.807, 2.05) is 0 Å². The number of nitrogens with zero attached hydrogens (tertiary/aromatic N) is 1. The third-order valence-corrected chi connectivity index (χ3v) is 6.88. The maximum atomic E-state index is 12.6. The van der Waals surface area contributed by atoms with Gasteiger partial charge in [0.25, 0.3) is 15.9 Å². The molecule has 158 valence electrons. The maximum absolute atomic E-state index is 12.6. The van der Waals surface area contributed by atoms with E-state index >= 15 is 0 Å². The molecule has 0 saturated carbocycles. The predicted octanol–water partition coefficient (Wildman–Crippen LogP) is 1.94. The van der Waals surface area contributed by atoms with Crippen molar-refractivity contribution in [3.63, 3.8) is 0 Å². The Morgan fingerprint density at radius 1 is 0.933 bits per heavy atom. The van der Waals surface area contributed by atoms with E-state index in [4.69, 9.17) is 4.52 Å². The van der Waals surface area contributed by atoms with Crippen LogP contribution in [-0.2, 0) is 20.0 Å². The molecule has 3 aromatic rings. The van der Waals surface area contributed by atoms with Crippen molar-refractivity contribution in [1.29, 1.82) is 0 Å². The molecule has 3 N–H and O–H groups in total. The molecule has 30 heavy (non-hydrogen) atoms. The Morgan fingerprint density at radius 3 is 2.10 bits per heavy atom. The molecule has 0 fully saturated rings. The van der Waals surface area contributed by atoms with Gasteiger partial charge in [-0.3, -0.25) is 9.52 Å². The van der Waals surface area contributed by atoms with E-state index in [1.165, 1.54) is 55.7 Å². The minimum Gasteiger partial charge on any atom is -0.361 e. The van der Waals surface area contributed by atoms with Gasteiger partial charge < -0.3 is 9.84 Å². The molecule has 1 heterocycles. The highest BCUT2D eigenvalue weighted by Gasteiger charge is 2.19. The number of aryl methyl sites for hydroxylation is 1. The highest BCUT2D eigenvalue weighted by Crippen LogP contribution is 2.21. The third-order valence-electron chi connectivity index (χ3n) is 4.09.